The van der Waals surface area contributed by atoms with Crippen LogP contribution in [0.3, 0.4) is 0 Å². The number of rotatable bonds is 7. The Morgan fingerprint density at radius 1 is 1.30 bits per heavy atom. The molecule has 0 aliphatic rings. The van der Waals surface area contributed by atoms with Crippen molar-refractivity contribution in [2.24, 2.45) is 0 Å². The van der Waals surface area contributed by atoms with Crippen LogP contribution >= 0.6 is 0 Å². The van der Waals surface area contributed by atoms with Crippen LogP contribution in [0.2, 0.25) is 0 Å². The second-order valence-corrected chi connectivity index (χ2v) is 5.64. The van der Waals surface area contributed by atoms with E-state index in [4.69, 9.17) is 9.26 Å². The van der Waals surface area contributed by atoms with Crippen molar-refractivity contribution in [2.75, 3.05) is 11.9 Å². The van der Waals surface area contributed by atoms with E-state index < -0.39 is 18.5 Å². The molecule has 0 fully saturated rings. The zero-order valence-corrected chi connectivity index (χ0v) is 14.5. The van der Waals surface area contributed by atoms with Crippen molar-refractivity contribution in [3.05, 3.63) is 65.7 Å². The van der Waals surface area contributed by atoms with Crippen molar-refractivity contribution in [1.82, 2.24) is 20.2 Å². The van der Waals surface area contributed by atoms with Gasteiger partial charge in [0, 0.05) is 12.1 Å². The van der Waals surface area contributed by atoms with E-state index in [0.29, 0.717) is 18.0 Å². The molecular formula is C18H17N5O4. The summed E-state index contributed by atoms with van der Waals surface area (Å²) in [5.74, 6) is -0.359. The number of esters is 1. The topological polar surface area (TPSA) is 112 Å². The lowest BCUT2D eigenvalue weighted by Gasteiger charge is -2.01. The van der Waals surface area contributed by atoms with Crippen molar-refractivity contribution in [3.63, 3.8) is 0 Å². The minimum atomic E-state index is -0.668. The molecule has 0 aliphatic carbocycles. The first-order valence-corrected chi connectivity index (χ1v) is 8.10. The van der Waals surface area contributed by atoms with E-state index in [2.05, 4.69) is 20.8 Å². The molecule has 9 nitrogen and oxygen atoms in total. The molecule has 27 heavy (non-hydrogen) atoms. The molecule has 3 rings (SSSR count). The maximum absolute atomic E-state index is 11.7. The summed E-state index contributed by atoms with van der Waals surface area (Å²) >= 11 is 0. The molecule has 0 unspecified atom stereocenters. The lowest BCUT2D eigenvalue weighted by Crippen LogP contribution is -2.20. The monoisotopic (exact) mass is 367 g/mol. The van der Waals surface area contributed by atoms with E-state index >= 15 is 0 Å². The summed E-state index contributed by atoms with van der Waals surface area (Å²) in [5, 5.41) is 14.0. The lowest BCUT2D eigenvalue weighted by molar-refractivity contribution is -0.142. The van der Waals surface area contributed by atoms with Gasteiger partial charge in [0.05, 0.1) is 12.7 Å². The van der Waals surface area contributed by atoms with E-state index in [9.17, 15) is 9.59 Å². The molecule has 1 aromatic carbocycles. The number of amides is 1. The van der Waals surface area contributed by atoms with Gasteiger partial charge in [-0.05, 0) is 18.6 Å². The summed E-state index contributed by atoms with van der Waals surface area (Å²) in [4.78, 5) is 23.4. The molecule has 0 saturated heterocycles. The van der Waals surface area contributed by atoms with Crippen LogP contribution in [0, 0.1) is 6.92 Å². The molecular weight excluding hydrogens is 350 g/mol. The third kappa shape index (κ3) is 5.63. The van der Waals surface area contributed by atoms with Crippen LogP contribution in [-0.4, -0.2) is 38.6 Å². The van der Waals surface area contributed by atoms with Crippen LogP contribution in [0.4, 0.5) is 5.82 Å². The number of carbonyl (C=O) groups is 2. The molecule has 3 aromatic rings. The average molecular weight is 367 g/mol. The Hall–Kier alpha value is -3.75. The highest BCUT2D eigenvalue weighted by atomic mass is 16.5. The standard InChI is InChI=1S/C18H17N5O4/c1-13-9-16(21-27-13)19-17(24)12-26-18(25)8-7-15-11-23(22-20-15)10-14-5-3-2-4-6-14/h2-9,11H,10,12H2,1H3,(H,19,21,24)/b8-7+. The van der Waals surface area contributed by atoms with Crippen molar-refractivity contribution < 1.29 is 18.8 Å². The fourth-order valence-corrected chi connectivity index (χ4v) is 2.18. The van der Waals surface area contributed by atoms with Gasteiger partial charge in [-0.2, -0.15) is 0 Å². The number of anilines is 1. The molecule has 0 radical (unpaired) electrons. The second-order valence-electron chi connectivity index (χ2n) is 5.64. The smallest absolute Gasteiger partial charge is 0.331 e. The first-order chi connectivity index (χ1) is 13.1. The first kappa shape index (κ1) is 18.1. The minimum Gasteiger partial charge on any atom is -0.452 e. The number of carbonyl (C=O) groups excluding carboxylic acids is 2. The van der Waals surface area contributed by atoms with Gasteiger partial charge in [-0.3, -0.25) is 4.79 Å². The predicted octanol–water partition coefficient (Wildman–Crippen LogP) is 1.82. The number of hydrogen-bond acceptors (Lipinski definition) is 7. The third-order valence-electron chi connectivity index (χ3n) is 3.37. The molecule has 1 amide bonds. The Morgan fingerprint density at radius 3 is 2.85 bits per heavy atom. The van der Waals surface area contributed by atoms with Crippen molar-refractivity contribution >= 4 is 23.8 Å². The van der Waals surface area contributed by atoms with Crippen LogP contribution in [-0.2, 0) is 20.9 Å². The predicted molar refractivity (Wildman–Crippen MR) is 95.4 cm³/mol. The fourth-order valence-electron chi connectivity index (χ4n) is 2.18. The van der Waals surface area contributed by atoms with Gasteiger partial charge in [-0.25, -0.2) is 9.48 Å². The molecule has 0 atom stereocenters. The zero-order valence-electron chi connectivity index (χ0n) is 14.5. The molecule has 9 heteroatoms. The van der Waals surface area contributed by atoms with E-state index in [1.807, 2.05) is 30.3 Å². The number of benzene rings is 1. The molecule has 0 spiro atoms. The van der Waals surface area contributed by atoms with Gasteiger partial charge in [0.25, 0.3) is 5.91 Å². The number of aryl methyl sites for hydroxylation is 1. The highest BCUT2D eigenvalue weighted by molar-refractivity contribution is 5.93. The number of aromatic nitrogens is 4. The van der Waals surface area contributed by atoms with Crippen molar-refractivity contribution in [2.45, 2.75) is 13.5 Å². The fraction of sp³-hybridized carbons (Fsp3) is 0.167. The van der Waals surface area contributed by atoms with Gasteiger partial charge in [-0.1, -0.05) is 40.7 Å². The Labute approximate surface area is 154 Å². The van der Waals surface area contributed by atoms with E-state index in [1.165, 1.54) is 12.2 Å². The Bertz CT molecular complexity index is 946. The summed E-state index contributed by atoms with van der Waals surface area (Å²) in [5.41, 5.74) is 1.59. The second kappa shape index (κ2) is 8.56. The van der Waals surface area contributed by atoms with Crippen LogP contribution < -0.4 is 5.32 Å². The number of nitrogens with one attached hydrogen (secondary N) is 1. The third-order valence-corrected chi connectivity index (χ3v) is 3.37. The van der Waals surface area contributed by atoms with E-state index in [1.54, 1.807) is 23.9 Å². The van der Waals surface area contributed by atoms with Gasteiger partial charge in [-0.15, -0.1) is 5.10 Å². The SMILES string of the molecule is Cc1cc(NC(=O)COC(=O)/C=C/c2cn(Cc3ccccc3)nn2)no1. The molecule has 2 aromatic heterocycles. The largest absolute Gasteiger partial charge is 0.452 e. The van der Waals surface area contributed by atoms with Crippen LogP contribution in [0.1, 0.15) is 17.0 Å². The minimum absolute atomic E-state index is 0.263. The maximum Gasteiger partial charge on any atom is 0.331 e. The Kier molecular flexibility index (Phi) is 5.73. The quantitative estimate of drug-likeness (QED) is 0.501. The van der Waals surface area contributed by atoms with Crippen LogP contribution in [0.25, 0.3) is 6.08 Å². The van der Waals surface area contributed by atoms with Crippen molar-refractivity contribution in [3.8, 4) is 0 Å². The highest BCUT2D eigenvalue weighted by Gasteiger charge is 2.08. The molecule has 2 heterocycles. The highest BCUT2D eigenvalue weighted by Crippen LogP contribution is 2.07. The summed E-state index contributed by atoms with van der Waals surface area (Å²) in [6.45, 7) is 1.84. The van der Waals surface area contributed by atoms with E-state index in [0.717, 1.165) is 5.56 Å². The molecule has 1 N–H and O–H groups in total. The number of hydrogen-bond donors (Lipinski definition) is 1. The summed E-state index contributed by atoms with van der Waals surface area (Å²) < 4.78 is 11.3. The average Bonchev–Trinajstić information content (AvgIpc) is 3.28. The Morgan fingerprint density at radius 2 is 2.11 bits per heavy atom. The summed E-state index contributed by atoms with van der Waals surface area (Å²) in [7, 11) is 0. The Balaban J connectivity index is 1.45. The summed E-state index contributed by atoms with van der Waals surface area (Å²) in [6.07, 6.45) is 4.36. The van der Waals surface area contributed by atoms with Crippen LogP contribution in [0.5, 0.6) is 0 Å². The number of nitrogens with zero attached hydrogens (tertiary/aromatic N) is 4. The van der Waals surface area contributed by atoms with Gasteiger partial charge in [0.1, 0.15) is 11.5 Å². The summed E-state index contributed by atoms with van der Waals surface area (Å²) in [6, 6.07) is 11.4. The maximum atomic E-state index is 11.7. The van der Waals surface area contributed by atoms with Crippen LogP contribution in [0.15, 0.2) is 53.2 Å². The molecule has 0 aliphatic heterocycles. The van der Waals surface area contributed by atoms with Gasteiger partial charge >= 0.3 is 5.97 Å². The van der Waals surface area contributed by atoms with Gasteiger partial charge < -0.3 is 14.6 Å². The number of ether oxygens (including phenoxy) is 1. The van der Waals surface area contributed by atoms with E-state index in [-0.39, 0.29) is 5.82 Å². The van der Waals surface area contributed by atoms with Crippen molar-refractivity contribution in [1.29, 1.82) is 0 Å². The molecule has 0 saturated carbocycles. The van der Waals surface area contributed by atoms with Gasteiger partial charge in [0.2, 0.25) is 0 Å². The van der Waals surface area contributed by atoms with Gasteiger partial charge in [0.15, 0.2) is 12.4 Å². The normalized spacial score (nSPS) is 10.9. The lowest BCUT2D eigenvalue weighted by atomic mass is 10.2. The molecule has 0 bridgehead atoms. The zero-order chi connectivity index (χ0) is 19.1. The molecule has 138 valence electrons. The first-order valence-electron chi connectivity index (χ1n) is 8.10.